The molecule has 1 aliphatic rings. The fourth-order valence-electron chi connectivity index (χ4n) is 1.76. The van der Waals surface area contributed by atoms with Crippen molar-refractivity contribution in [1.82, 2.24) is 0 Å². The Morgan fingerprint density at radius 3 is 3.00 bits per heavy atom. The van der Waals surface area contributed by atoms with E-state index in [0.29, 0.717) is 6.61 Å². The largest absolute Gasteiger partial charge is 0.399 e. The summed E-state index contributed by atoms with van der Waals surface area (Å²) >= 11 is 0. The van der Waals surface area contributed by atoms with Crippen molar-refractivity contribution in [2.24, 2.45) is 0 Å². The van der Waals surface area contributed by atoms with E-state index in [0.717, 1.165) is 29.8 Å². The minimum absolute atomic E-state index is 0.0679. The highest BCUT2D eigenvalue weighted by atomic mass is 16.5. The Kier molecular flexibility index (Phi) is 3.10. The number of nitrogens with one attached hydrogen (secondary N) is 1. The first-order valence-corrected chi connectivity index (χ1v) is 5.45. The first-order chi connectivity index (χ1) is 7.66. The van der Waals surface area contributed by atoms with Crippen LogP contribution in [0.25, 0.3) is 0 Å². The summed E-state index contributed by atoms with van der Waals surface area (Å²) in [6.07, 6.45) is 1.47. The Hall–Kier alpha value is -1.55. The second-order valence-electron chi connectivity index (χ2n) is 4.06. The number of nitrogens with two attached hydrogens (primary N) is 1. The van der Waals surface area contributed by atoms with Crippen LogP contribution in [-0.2, 0) is 9.53 Å². The molecule has 4 heteroatoms. The molecule has 0 spiro atoms. The monoisotopic (exact) mass is 220 g/mol. The number of ether oxygens (including phenoxy) is 1. The molecule has 1 fully saturated rings. The van der Waals surface area contributed by atoms with Crippen LogP contribution in [0.2, 0.25) is 0 Å². The first-order valence-electron chi connectivity index (χ1n) is 5.45. The molecule has 2 rings (SSSR count). The van der Waals surface area contributed by atoms with Crippen molar-refractivity contribution in [2.75, 3.05) is 17.7 Å². The molecule has 1 atom stereocenters. The third-order valence-corrected chi connectivity index (χ3v) is 2.76. The molecule has 0 aliphatic carbocycles. The van der Waals surface area contributed by atoms with Gasteiger partial charge in [0.05, 0.1) is 0 Å². The molecule has 1 aliphatic heterocycles. The van der Waals surface area contributed by atoms with Gasteiger partial charge in [0.25, 0.3) is 5.91 Å². The van der Waals surface area contributed by atoms with Gasteiger partial charge in [-0.25, -0.2) is 0 Å². The standard InChI is InChI=1S/C12H16N2O2/c1-8-7-9(4-5-10(8)13)14-12(15)11-3-2-6-16-11/h4-5,7,11H,2-3,6,13H2,1H3,(H,14,15)/t11-/m1/s1. The minimum Gasteiger partial charge on any atom is -0.399 e. The van der Waals surface area contributed by atoms with Gasteiger partial charge in [-0.15, -0.1) is 0 Å². The van der Waals surface area contributed by atoms with Crippen molar-refractivity contribution in [3.05, 3.63) is 23.8 Å². The lowest BCUT2D eigenvalue weighted by Gasteiger charge is -2.11. The van der Waals surface area contributed by atoms with Gasteiger partial charge < -0.3 is 15.8 Å². The number of aryl methyl sites for hydroxylation is 1. The predicted octanol–water partition coefficient (Wildman–Crippen LogP) is 1.69. The van der Waals surface area contributed by atoms with Crippen LogP contribution in [0.4, 0.5) is 11.4 Å². The molecule has 1 saturated heterocycles. The van der Waals surface area contributed by atoms with Gasteiger partial charge >= 0.3 is 0 Å². The number of carbonyl (C=O) groups is 1. The predicted molar refractivity (Wildman–Crippen MR) is 63.2 cm³/mol. The number of amides is 1. The van der Waals surface area contributed by atoms with Gasteiger partial charge in [-0.05, 0) is 43.5 Å². The van der Waals surface area contributed by atoms with Gasteiger partial charge in [-0.2, -0.15) is 0 Å². The van der Waals surface area contributed by atoms with Crippen LogP contribution in [0.1, 0.15) is 18.4 Å². The van der Waals surface area contributed by atoms with E-state index in [2.05, 4.69) is 5.32 Å². The van der Waals surface area contributed by atoms with Crippen LogP contribution in [0.15, 0.2) is 18.2 Å². The molecule has 1 aromatic carbocycles. The highest BCUT2D eigenvalue weighted by Gasteiger charge is 2.23. The van der Waals surface area contributed by atoms with E-state index in [-0.39, 0.29) is 12.0 Å². The number of nitrogen functional groups attached to an aromatic ring is 1. The topological polar surface area (TPSA) is 64.3 Å². The molecule has 86 valence electrons. The van der Waals surface area contributed by atoms with Crippen LogP contribution in [0.3, 0.4) is 0 Å². The molecule has 4 nitrogen and oxygen atoms in total. The zero-order valence-corrected chi connectivity index (χ0v) is 9.32. The third-order valence-electron chi connectivity index (χ3n) is 2.76. The lowest BCUT2D eigenvalue weighted by Crippen LogP contribution is -2.26. The van der Waals surface area contributed by atoms with Crippen LogP contribution < -0.4 is 11.1 Å². The SMILES string of the molecule is Cc1cc(NC(=O)[C@H]2CCCO2)ccc1N. The summed E-state index contributed by atoms with van der Waals surface area (Å²) in [6.45, 7) is 2.59. The summed E-state index contributed by atoms with van der Waals surface area (Å²) in [4.78, 5) is 11.7. The zero-order chi connectivity index (χ0) is 11.5. The Labute approximate surface area is 94.8 Å². The number of anilines is 2. The molecule has 0 bridgehead atoms. The van der Waals surface area contributed by atoms with Crippen LogP contribution in [-0.4, -0.2) is 18.6 Å². The Bertz CT molecular complexity index is 398. The summed E-state index contributed by atoms with van der Waals surface area (Å²) in [6, 6.07) is 5.46. The zero-order valence-electron chi connectivity index (χ0n) is 9.32. The molecule has 1 aromatic rings. The highest BCUT2D eigenvalue weighted by molar-refractivity contribution is 5.94. The minimum atomic E-state index is -0.294. The van der Waals surface area contributed by atoms with Gasteiger partial charge in [-0.3, -0.25) is 4.79 Å². The molecule has 1 heterocycles. The first kappa shape index (κ1) is 11.0. The highest BCUT2D eigenvalue weighted by Crippen LogP contribution is 2.18. The van der Waals surface area contributed by atoms with E-state index in [1.807, 2.05) is 13.0 Å². The molecule has 1 amide bonds. The number of benzene rings is 1. The molecular weight excluding hydrogens is 204 g/mol. The second kappa shape index (κ2) is 4.53. The molecule has 3 N–H and O–H groups in total. The summed E-state index contributed by atoms with van der Waals surface area (Å²) < 4.78 is 5.30. The molecule has 0 saturated carbocycles. The fraction of sp³-hybridized carbons (Fsp3) is 0.417. The number of rotatable bonds is 2. The maximum Gasteiger partial charge on any atom is 0.253 e. The van der Waals surface area contributed by atoms with Crippen LogP contribution in [0.5, 0.6) is 0 Å². The molecule has 0 radical (unpaired) electrons. The molecule has 0 aromatic heterocycles. The van der Waals surface area contributed by atoms with Crippen LogP contribution >= 0.6 is 0 Å². The van der Waals surface area contributed by atoms with Crippen molar-refractivity contribution < 1.29 is 9.53 Å². The number of hydrogen-bond donors (Lipinski definition) is 2. The van der Waals surface area contributed by atoms with Gasteiger partial charge in [0.1, 0.15) is 6.10 Å². The Morgan fingerprint density at radius 2 is 2.38 bits per heavy atom. The van der Waals surface area contributed by atoms with Gasteiger partial charge in [-0.1, -0.05) is 0 Å². The quantitative estimate of drug-likeness (QED) is 0.745. The van der Waals surface area contributed by atoms with Crippen molar-refractivity contribution >= 4 is 17.3 Å². The smallest absolute Gasteiger partial charge is 0.253 e. The van der Waals surface area contributed by atoms with E-state index < -0.39 is 0 Å². The van der Waals surface area contributed by atoms with E-state index in [1.54, 1.807) is 12.1 Å². The maximum atomic E-state index is 11.7. The summed E-state index contributed by atoms with van der Waals surface area (Å²) in [5.74, 6) is -0.0679. The lowest BCUT2D eigenvalue weighted by molar-refractivity contribution is -0.124. The number of hydrogen-bond acceptors (Lipinski definition) is 3. The van der Waals surface area contributed by atoms with E-state index >= 15 is 0 Å². The molecule has 16 heavy (non-hydrogen) atoms. The van der Waals surface area contributed by atoms with Crippen molar-refractivity contribution in [2.45, 2.75) is 25.9 Å². The summed E-state index contributed by atoms with van der Waals surface area (Å²) in [5, 5.41) is 2.83. The summed E-state index contributed by atoms with van der Waals surface area (Å²) in [7, 11) is 0. The van der Waals surface area contributed by atoms with E-state index in [4.69, 9.17) is 10.5 Å². The van der Waals surface area contributed by atoms with Gasteiger partial charge in [0, 0.05) is 18.0 Å². The van der Waals surface area contributed by atoms with Gasteiger partial charge in [0.2, 0.25) is 0 Å². The van der Waals surface area contributed by atoms with E-state index in [9.17, 15) is 4.79 Å². The second-order valence-corrected chi connectivity index (χ2v) is 4.06. The average molecular weight is 220 g/mol. The molecule has 0 unspecified atom stereocenters. The van der Waals surface area contributed by atoms with Crippen molar-refractivity contribution in [3.63, 3.8) is 0 Å². The maximum absolute atomic E-state index is 11.7. The number of carbonyl (C=O) groups excluding carboxylic acids is 1. The van der Waals surface area contributed by atoms with Gasteiger partial charge in [0.15, 0.2) is 0 Å². The summed E-state index contributed by atoms with van der Waals surface area (Å²) in [5.41, 5.74) is 8.17. The fourth-order valence-corrected chi connectivity index (χ4v) is 1.76. The Balaban J connectivity index is 2.02. The molecular formula is C12H16N2O2. The van der Waals surface area contributed by atoms with Crippen molar-refractivity contribution in [3.8, 4) is 0 Å². The Morgan fingerprint density at radius 1 is 1.56 bits per heavy atom. The van der Waals surface area contributed by atoms with Crippen molar-refractivity contribution in [1.29, 1.82) is 0 Å². The lowest BCUT2D eigenvalue weighted by atomic mass is 10.1. The third kappa shape index (κ3) is 2.33. The van der Waals surface area contributed by atoms with E-state index in [1.165, 1.54) is 0 Å². The van der Waals surface area contributed by atoms with Crippen LogP contribution in [0, 0.1) is 6.92 Å². The average Bonchev–Trinajstić information content (AvgIpc) is 2.77. The normalized spacial score (nSPS) is 19.7.